The van der Waals surface area contributed by atoms with Gasteiger partial charge in [0.1, 0.15) is 17.7 Å². The third-order valence-electron chi connectivity index (χ3n) is 5.13. The molecule has 1 aromatic carbocycles. The van der Waals surface area contributed by atoms with Crippen LogP contribution in [0.2, 0.25) is 0 Å². The fourth-order valence-corrected chi connectivity index (χ4v) is 3.31. The summed E-state index contributed by atoms with van der Waals surface area (Å²) in [4.78, 5) is 40.2. The Morgan fingerprint density at radius 1 is 1.16 bits per heavy atom. The number of aliphatic hydroxyl groups excluding tert-OH is 1. The number of amides is 3. The average Bonchev–Trinajstić information content (AvgIpc) is 2.71. The second-order valence-electron chi connectivity index (χ2n) is 8.84. The van der Waals surface area contributed by atoms with Crippen molar-refractivity contribution in [2.75, 3.05) is 19.7 Å². The molecule has 0 aliphatic heterocycles. The number of alkyl carbamates (subject to hydrolysis) is 1. The molecular formula is C24H39N3O5. The number of unbranched alkanes of at least 4 members (excludes halogenated alkanes) is 1. The number of aryl methyl sites for hydroxylation is 1. The van der Waals surface area contributed by atoms with Crippen LogP contribution in [0.25, 0.3) is 0 Å². The summed E-state index contributed by atoms with van der Waals surface area (Å²) in [6.07, 6.45) is 0.943. The summed E-state index contributed by atoms with van der Waals surface area (Å²) in [7, 11) is 0. The predicted octanol–water partition coefficient (Wildman–Crippen LogP) is 2.99. The van der Waals surface area contributed by atoms with Crippen LogP contribution in [0, 0.1) is 13.8 Å². The Balaban J connectivity index is 3.28. The minimum atomic E-state index is -1.24. The summed E-state index contributed by atoms with van der Waals surface area (Å²) in [5.74, 6) is -0.853. The summed E-state index contributed by atoms with van der Waals surface area (Å²) >= 11 is 0. The number of ether oxygens (including phenoxy) is 1. The minimum absolute atomic E-state index is 0.213. The number of carbonyl (C=O) groups is 3. The van der Waals surface area contributed by atoms with Crippen LogP contribution >= 0.6 is 0 Å². The van der Waals surface area contributed by atoms with E-state index in [2.05, 4.69) is 10.6 Å². The summed E-state index contributed by atoms with van der Waals surface area (Å²) in [5, 5.41) is 15.2. The van der Waals surface area contributed by atoms with Crippen LogP contribution in [0.4, 0.5) is 4.79 Å². The van der Waals surface area contributed by atoms with E-state index in [9.17, 15) is 19.5 Å². The fraction of sp³-hybridized carbons (Fsp3) is 0.625. The number of aliphatic hydroxyl groups is 1. The van der Waals surface area contributed by atoms with Crippen LogP contribution in [-0.4, -0.2) is 59.3 Å². The molecule has 0 aromatic heterocycles. The first-order valence-corrected chi connectivity index (χ1v) is 11.2. The molecule has 2 unspecified atom stereocenters. The van der Waals surface area contributed by atoms with Crippen LogP contribution in [0.3, 0.4) is 0 Å². The fourth-order valence-electron chi connectivity index (χ4n) is 3.31. The molecule has 32 heavy (non-hydrogen) atoms. The zero-order chi connectivity index (χ0) is 24.5. The molecule has 1 rings (SSSR count). The molecule has 0 spiro atoms. The molecule has 8 heteroatoms. The Morgan fingerprint density at radius 2 is 1.81 bits per heavy atom. The molecular weight excluding hydrogens is 410 g/mol. The molecule has 0 saturated heterocycles. The second kappa shape index (κ2) is 12.4. The maximum atomic E-state index is 13.4. The van der Waals surface area contributed by atoms with Crippen molar-refractivity contribution >= 4 is 17.9 Å². The van der Waals surface area contributed by atoms with Gasteiger partial charge in [0.2, 0.25) is 11.8 Å². The van der Waals surface area contributed by atoms with Gasteiger partial charge in [-0.3, -0.25) is 9.59 Å². The Hall–Kier alpha value is -2.61. The van der Waals surface area contributed by atoms with Crippen molar-refractivity contribution in [3.63, 3.8) is 0 Å². The van der Waals surface area contributed by atoms with Crippen LogP contribution < -0.4 is 10.6 Å². The molecule has 0 bridgehead atoms. The van der Waals surface area contributed by atoms with E-state index < -0.39 is 36.3 Å². The van der Waals surface area contributed by atoms with E-state index in [0.717, 1.165) is 24.0 Å². The Labute approximate surface area is 191 Å². The normalized spacial score (nSPS) is 13.1. The van der Waals surface area contributed by atoms with Crippen molar-refractivity contribution in [2.24, 2.45) is 0 Å². The molecule has 1 aromatic rings. The molecule has 3 N–H and O–H groups in total. The lowest BCUT2D eigenvalue weighted by Gasteiger charge is -2.34. The predicted molar refractivity (Wildman–Crippen MR) is 124 cm³/mol. The van der Waals surface area contributed by atoms with Gasteiger partial charge < -0.3 is 25.4 Å². The molecule has 2 atom stereocenters. The number of hydrogen-bond acceptors (Lipinski definition) is 5. The second-order valence-corrected chi connectivity index (χ2v) is 8.84. The van der Waals surface area contributed by atoms with Gasteiger partial charge in [-0.1, -0.05) is 31.5 Å². The molecule has 0 aliphatic rings. The third kappa shape index (κ3) is 7.82. The lowest BCUT2D eigenvalue weighted by Crippen LogP contribution is -2.54. The van der Waals surface area contributed by atoms with Gasteiger partial charge in [0.05, 0.1) is 6.61 Å². The highest BCUT2D eigenvalue weighted by atomic mass is 16.6. The van der Waals surface area contributed by atoms with Crippen LogP contribution in [0.15, 0.2) is 18.2 Å². The summed E-state index contributed by atoms with van der Waals surface area (Å²) in [5.41, 5.74) is 1.87. The van der Waals surface area contributed by atoms with Crippen molar-refractivity contribution in [2.45, 2.75) is 79.0 Å². The number of hydrogen-bond donors (Lipinski definition) is 3. The molecule has 8 nitrogen and oxygen atoms in total. The van der Waals surface area contributed by atoms with E-state index in [1.54, 1.807) is 27.7 Å². The molecule has 3 amide bonds. The standard InChI is InChI=1S/C24H39N3O5/c1-8-10-14-25-21(29)20(18-13-11-12-16(3)17(18)4)27(9-2)22(30)19(15-28)26-23(31)32-24(5,6)7/h11-13,19-20,28H,8-10,14-15H2,1-7H3,(H,25,29)(H,26,31). The number of nitrogens with zero attached hydrogens (tertiary/aromatic N) is 1. The zero-order valence-corrected chi connectivity index (χ0v) is 20.4. The lowest BCUT2D eigenvalue weighted by atomic mass is 9.95. The highest BCUT2D eigenvalue weighted by Gasteiger charge is 2.36. The first-order chi connectivity index (χ1) is 15.0. The lowest BCUT2D eigenvalue weighted by molar-refractivity contribution is -0.143. The van der Waals surface area contributed by atoms with E-state index in [0.29, 0.717) is 12.1 Å². The third-order valence-corrected chi connectivity index (χ3v) is 5.13. The Kier molecular flexibility index (Phi) is 10.7. The SMILES string of the molecule is CCCCNC(=O)C(c1cccc(C)c1C)N(CC)C(=O)C(CO)NC(=O)OC(C)(C)C. The van der Waals surface area contributed by atoms with Crippen LogP contribution in [0.5, 0.6) is 0 Å². The van der Waals surface area contributed by atoms with Crippen molar-refractivity contribution in [1.29, 1.82) is 0 Å². The monoisotopic (exact) mass is 449 g/mol. The zero-order valence-electron chi connectivity index (χ0n) is 20.4. The first-order valence-electron chi connectivity index (χ1n) is 11.2. The Bertz CT molecular complexity index is 788. The summed E-state index contributed by atoms with van der Waals surface area (Å²) in [6.45, 7) is 12.9. The number of rotatable bonds is 10. The Morgan fingerprint density at radius 3 is 2.34 bits per heavy atom. The minimum Gasteiger partial charge on any atom is -0.444 e. The van der Waals surface area contributed by atoms with Gasteiger partial charge in [-0.25, -0.2) is 4.79 Å². The first kappa shape index (κ1) is 27.4. The molecule has 0 aliphatic carbocycles. The van der Waals surface area contributed by atoms with E-state index in [1.165, 1.54) is 4.90 Å². The molecule has 0 heterocycles. The van der Waals surface area contributed by atoms with Gasteiger partial charge in [0, 0.05) is 13.1 Å². The summed E-state index contributed by atoms with van der Waals surface area (Å²) in [6, 6.07) is 3.51. The summed E-state index contributed by atoms with van der Waals surface area (Å²) < 4.78 is 5.22. The van der Waals surface area contributed by atoms with E-state index in [-0.39, 0.29) is 12.5 Å². The van der Waals surface area contributed by atoms with E-state index in [4.69, 9.17) is 4.74 Å². The van der Waals surface area contributed by atoms with Crippen LogP contribution in [-0.2, 0) is 14.3 Å². The van der Waals surface area contributed by atoms with E-state index in [1.807, 2.05) is 39.0 Å². The van der Waals surface area contributed by atoms with Gasteiger partial charge in [0.15, 0.2) is 0 Å². The molecule has 0 radical (unpaired) electrons. The van der Waals surface area contributed by atoms with Crippen molar-refractivity contribution in [1.82, 2.24) is 15.5 Å². The smallest absolute Gasteiger partial charge is 0.408 e. The van der Waals surface area contributed by atoms with Gasteiger partial charge >= 0.3 is 6.09 Å². The van der Waals surface area contributed by atoms with Gasteiger partial charge in [-0.2, -0.15) is 0 Å². The maximum Gasteiger partial charge on any atom is 0.408 e. The average molecular weight is 450 g/mol. The van der Waals surface area contributed by atoms with Gasteiger partial charge in [-0.05, 0) is 64.7 Å². The topological polar surface area (TPSA) is 108 Å². The van der Waals surface area contributed by atoms with Gasteiger partial charge in [-0.15, -0.1) is 0 Å². The quantitative estimate of drug-likeness (QED) is 0.476. The van der Waals surface area contributed by atoms with Crippen molar-refractivity contribution < 1.29 is 24.2 Å². The number of likely N-dealkylation sites (N-methyl/N-ethyl adjacent to an activating group) is 1. The number of benzene rings is 1. The molecule has 0 fully saturated rings. The van der Waals surface area contributed by atoms with Gasteiger partial charge in [0.25, 0.3) is 0 Å². The van der Waals surface area contributed by atoms with E-state index >= 15 is 0 Å². The molecule has 180 valence electrons. The number of nitrogens with one attached hydrogen (secondary N) is 2. The highest BCUT2D eigenvalue weighted by molar-refractivity contribution is 5.92. The molecule has 0 saturated carbocycles. The maximum absolute atomic E-state index is 13.4. The van der Waals surface area contributed by atoms with Crippen molar-refractivity contribution in [3.8, 4) is 0 Å². The highest BCUT2D eigenvalue weighted by Crippen LogP contribution is 2.27. The number of carbonyl (C=O) groups excluding carboxylic acids is 3. The van der Waals surface area contributed by atoms with Crippen molar-refractivity contribution in [3.05, 3.63) is 34.9 Å². The van der Waals surface area contributed by atoms with Crippen LogP contribution in [0.1, 0.15) is 70.2 Å². The largest absolute Gasteiger partial charge is 0.444 e.